The standard InChI is InChI=1S/C16H13BO2/c18-17(19)16-9-8-14-10-13(6-7-15(14)11-16)12-4-2-1-3-5-12/h1-11,18-19H/i1D,2D,3D,4D,5D. The lowest BCUT2D eigenvalue weighted by Crippen LogP contribution is -2.29. The minimum Gasteiger partial charge on any atom is -0.423 e. The van der Waals surface area contributed by atoms with Gasteiger partial charge < -0.3 is 10.0 Å². The van der Waals surface area contributed by atoms with Gasteiger partial charge in [0.05, 0.1) is 6.85 Å². The van der Waals surface area contributed by atoms with Crippen LogP contribution in [0.4, 0.5) is 0 Å². The first-order valence-corrected chi connectivity index (χ1v) is 5.78. The second-order valence-corrected chi connectivity index (χ2v) is 4.20. The summed E-state index contributed by atoms with van der Waals surface area (Å²) in [7, 11) is -1.56. The molecule has 3 aromatic carbocycles. The Balaban J connectivity index is 2.23. The van der Waals surface area contributed by atoms with Crippen molar-refractivity contribution in [2.45, 2.75) is 0 Å². The third kappa shape index (κ3) is 2.39. The molecule has 3 aromatic rings. The van der Waals surface area contributed by atoms with E-state index in [1.54, 1.807) is 36.4 Å². The molecule has 0 aliphatic carbocycles. The van der Waals surface area contributed by atoms with Gasteiger partial charge in [0.2, 0.25) is 0 Å². The third-order valence-electron chi connectivity index (χ3n) is 2.95. The molecule has 0 atom stereocenters. The Labute approximate surface area is 119 Å². The Morgan fingerprint density at radius 1 is 0.789 bits per heavy atom. The second kappa shape index (κ2) is 4.88. The van der Waals surface area contributed by atoms with E-state index in [1.807, 2.05) is 0 Å². The molecular weight excluding hydrogens is 235 g/mol. The maximum absolute atomic E-state index is 9.22. The van der Waals surface area contributed by atoms with Gasteiger partial charge >= 0.3 is 7.12 Å². The smallest absolute Gasteiger partial charge is 0.423 e. The summed E-state index contributed by atoms with van der Waals surface area (Å²) in [5.41, 5.74) is 1.02. The molecule has 2 nitrogen and oxygen atoms in total. The maximum Gasteiger partial charge on any atom is 0.488 e. The monoisotopic (exact) mass is 253 g/mol. The van der Waals surface area contributed by atoms with Crippen molar-refractivity contribution in [2.75, 3.05) is 0 Å². The third-order valence-corrected chi connectivity index (χ3v) is 2.95. The molecule has 19 heavy (non-hydrogen) atoms. The summed E-state index contributed by atoms with van der Waals surface area (Å²) in [5, 5.41) is 20.0. The van der Waals surface area contributed by atoms with Crippen molar-refractivity contribution in [3.05, 3.63) is 66.6 Å². The molecule has 3 rings (SSSR count). The fourth-order valence-electron chi connectivity index (χ4n) is 1.97. The molecule has 0 saturated carbocycles. The molecule has 0 unspecified atom stereocenters. The van der Waals surface area contributed by atoms with Crippen LogP contribution in [0.2, 0.25) is 0 Å². The topological polar surface area (TPSA) is 40.5 Å². The minimum absolute atomic E-state index is 0.147. The van der Waals surface area contributed by atoms with E-state index >= 15 is 0 Å². The predicted molar refractivity (Wildman–Crippen MR) is 79.2 cm³/mol. The Morgan fingerprint density at radius 3 is 2.21 bits per heavy atom. The molecule has 0 aromatic heterocycles. The first-order chi connectivity index (χ1) is 11.3. The second-order valence-electron chi connectivity index (χ2n) is 4.20. The van der Waals surface area contributed by atoms with Crippen LogP contribution < -0.4 is 5.46 Å². The van der Waals surface area contributed by atoms with Gasteiger partial charge in [-0.2, -0.15) is 0 Å². The van der Waals surface area contributed by atoms with Crippen molar-refractivity contribution in [3.63, 3.8) is 0 Å². The zero-order valence-electron chi connectivity index (χ0n) is 14.9. The quantitative estimate of drug-likeness (QED) is 0.687. The molecule has 92 valence electrons. The fourth-order valence-corrected chi connectivity index (χ4v) is 1.97. The van der Waals surface area contributed by atoms with Gasteiger partial charge in [-0.05, 0) is 33.4 Å². The highest BCUT2D eigenvalue weighted by Gasteiger charge is 2.10. The van der Waals surface area contributed by atoms with Crippen LogP contribution in [0, 0.1) is 0 Å². The fraction of sp³-hybridized carbons (Fsp3) is 0. The summed E-state index contributed by atoms with van der Waals surface area (Å²) in [6.45, 7) is 0. The molecule has 3 heteroatoms. The summed E-state index contributed by atoms with van der Waals surface area (Å²) in [5.74, 6) is 0. The van der Waals surface area contributed by atoms with Gasteiger partial charge in [0.1, 0.15) is 0 Å². The zero-order valence-corrected chi connectivity index (χ0v) is 9.94. The minimum atomic E-state index is -1.56. The lowest BCUT2D eigenvalue weighted by atomic mass is 9.79. The Kier molecular flexibility index (Phi) is 1.92. The van der Waals surface area contributed by atoms with Crippen LogP contribution in [0.1, 0.15) is 6.85 Å². The van der Waals surface area contributed by atoms with E-state index in [0.29, 0.717) is 11.0 Å². The molecule has 0 heterocycles. The highest BCUT2D eigenvalue weighted by Crippen LogP contribution is 2.23. The molecule has 0 radical (unpaired) electrons. The number of benzene rings is 3. The average molecular weight is 253 g/mol. The van der Waals surface area contributed by atoms with Gasteiger partial charge in [-0.3, -0.25) is 0 Å². The summed E-state index contributed by atoms with van der Waals surface area (Å²) in [6.07, 6.45) is 0. The highest BCUT2D eigenvalue weighted by molar-refractivity contribution is 6.58. The van der Waals surface area contributed by atoms with Gasteiger partial charge in [-0.1, -0.05) is 60.5 Å². The first kappa shape index (κ1) is 7.48. The lowest BCUT2D eigenvalue weighted by molar-refractivity contribution is 0.426. The van der Waals surface area contributed by atoms with Crippen LogP contribution in [0.3, 0.4) is 0 Å². The van der Waals surface area contributed by atoms with E-state index in [1.165, 1.54) is 0 Å². The van der Waals surface area contributed by atoms with Crippen molar-refractivity contribution < 1.29 is 16.9 Å². The molecule has 0 aliphatic heterocycles. The van der Waals surface area contributed by atoms with Crippen molar-refractivity contribution in [2.24, 2.45) is 0 Å². The summed E-state index contributed by atoms with van der Waals surface area (Å²) in [6, 6.07) is 8.34. The Bertz CT molecular complexity index is 930. The zero-order chi connectivity index (χ0) is 17.6. The van der Waals surface area contributed by atoms with E-state index in [9.17, 15) is 10.0 Å². The predicted octanol–water partition coefficient (Wildman–Crippen LogP) is 2.19. The van der Waals surface area contributed by atoms with Gasteiger partial charge in [0, 0.05) is 0 Å². The first-order valence-electron chi connectivity index (χ1n) is 8.28. The van der Waals surface area contributed by atoms with Crippen LogP contribution in [0.15, 0.2) is 66.6 Å². The average Bonchev–Trinajstić information content (AvgIpc) is 2.57. The van der Waals surface area contributed by atoms with Crippen LogP contribution in [-0.4, -0.2) is 17.2 Å². The largest absolute Gasteiger partial charge is 0.488 e. The van der Waals surface area contributed by atoms with Gasteiger partial charge in [-0.15, -0.1) is 0 Å². The van der Waals surface area contributed by atoms with Gasteiger partial charge in [0.15, 0.2) is 0 Å². The normalized spacial score (nSPS) is 14.3. The van der Waals surface area contributed by atoms with Gasteiger partial charge in [-0.25, -0.2) is 0 Å². The molecule has 0 spiro atoms. The van der Waals surface area contributed by atoms with Crippen molar-refractivity contribution in [1.29, 1.82) is 0 Å². The number of hydrogen-bond donors (Lipinski definition) is 2. The van der Waals surface area contributed by atoms with Crippen LogP contribution >= 0.6 is 0 Å². The molecule has 0 bridgehead atoms. The SMILES string of the molecule is [2H]c1c([2H])c([2H])c(-c2ccc3cc(B(O)O)ccc3c2)c([2H])c1[2H]. The maximum atomic E-state index is 9.22. The van der Waals surface area contributed by atoms with Crippen LogP contribution in [-0.2, 0) is 0 Å². The molecule has 0 amide bonds. The number of rotatable bonds is 2. The van der Waals surface area contributed by atoms with E-state index in [4.69, 9.17) is 6.85 Å². The molecule has 0 saturated heterocycles. The number of hydrogen-bond acceptors (Lipinski definition) is 2. The molecular formula is C16H13BO2. The summed E-state index contributed by atoms with van der Waals surface area (Å²) < 4.78 is 39.2. The highest BCUT2D eigenvalue weighted by atomic mass is 16.4. The van der Waals surface area contributed by atoms with Gasteiger partial charge in [0.25, 0.3) is 0 Å². The van der Waals surface area contributed by atoms with Crippen molar-refractivity contribution >= 4 is 23.4 Å². The van der Waals surface area contributed by atoms with Crippen LogP contribution in [0.25, 0.3) is 21.9 Å². The van der Waals surface area contributed by atoms with Crippen molar-refractivity contribution in [1.82, 2.24) is 0 Å². The number of fused-ring (bicyclic) bond motifs is 1. The molecule has 0 fully saturated rings. The Morgan fingerprint density at radius 2 is 1.47 bits per heavy atom. The van der Waals surface area contributed by atoms with Crippen molar-refractivity contribution in [3.8, 4) is 11.1 Å². The lowest BCUT2D eigenvalue weighted by Gasteiger charge is -2.06. The molecule has 2 N–H and O–H groups in total. The van der Waals surface area contributed by atoms with E-state index in [0.717, 1.165) is 10.8 Å². The summed E-state index contributed by atoms with van der Waals surface area (Å²) >= 11 is 0. The Hall–Kier alpha value is -2.10. The van der Waals surface area contributed by atoms with E-state index in [2.05, 4.69) is 0 Å². The van der Waals surface area contributed by atoms with E-state index in [-0.39, 0.29) is 29.7 Å². The van der Waals surface area contributed by atoms with Crippen LogP contribution in [0.5, 0.6) is 0 Å². The molecule has 0 aliphatic rings. The summed E-state index contributed by atoms with van der Waals surface area (Å²) in [4.78, 5) is 0. The van der Waals surface area contributed by atoms with E-state index < -0.39 is 13.2 Å².